The lowest BCUT2D eigenvalue weighted by molar-refractivity contribution is 0.0683. The largest absolute Gasteiger partial charge is 0.503 e. The fourth-order valence-electron chi connectivity index (χ4n) is 3.16. The molecule has 28 heavy (non-hydrogen) atoms. The van der Waals surface area contributed by atoms with E-state index in [1.165, 1.54) is 24.8 Å². The number of nitrogens with zero attached hydrogens (tertiary/aromatic N) is 4. The van der Waals surface area contributed by atoms with Crippen molar-refractivity contribution in [1.29, 1.82) is 0 Å². The van der Waals surface area contributed by atoms with Gasteiger partial charge in [0.05, 0.1) is 27.5 Å². The van der Waals surface area contributed by atoms with Crippen LogP contribution in [0.5, 0.6) is 5.75 Å². The van der Waals surface area contributed by atoms with E-state index in [1.807, 2.05) is 0 Å². The molecule has 0 unspecified atom stereocenters. The lowest BCUT2D eigenvalue weighted by Crippen LogP contribution is -2.41. The second-order valence-electron chi connectivity index (χ2n) is 6.33. The number of fused-ring (bicyclic) bond motifs is 1. The first-order valence-corrected chi connectivity index (χ1v) is 9.17. The van der Waals surface area contributed by atoms with E-state index in [9.17, 15) is 14.7 Å². The van der Waals surface area contributed by atoms with Crippen LogP contribution in [-0.4, -0.2) is 37.0 Å². The highest BCUT2D eigenvalue weighted by Gasteiger charge is 2.30. The number of carbonyl (C=O) groups excluding carboxylic acids is 1. The smallest absolute Gasteiger partial charge is 0.274 e. The Hall–Kier alpha value is -2.90. The lowest BCUT2D eigenvalue weighted by atomic mass is 10.1. The van der Waals surface area contributed by atoms with Gasteiger partial charge in [-0.25, -0.2) is 0 Å². The van der Waals surface area contributed by atoms with E-state index >= 15 is 0 Å². The second kappa shape index (κ2) is 7.26. The Morgan fingerprint density at radius 2 is 1.93 bits per heavy atom. The van der Waals surface area contributed by atoms with Gasteiger partial charge in [-0.05, 0) is 17.7 Å². The molecule has 1 amide bonds. The minimum atomic E-state index is -0.656. The van der Waals surface area contributed by atoms with Crippen molar-refractivity contribution in [3.63, 3.8) is 0 Å². The molecule has 3 aromatic rings. The molecule has 3 heterocycles. The van der Waals surface area contributed by atoms with Gasteiger partial charge in [0, 0.05) is 38.2 Å². The summed E-state index contributed by atoms with van der Waals surface area (Å²) in [6, 6.07) is 5.13. The Kier molecular flexibility index (Phi) is 4.78. The van der Waals surface area contributed by atoms with Gasteiger partial charge in [0.15, 0.2) is 11.4 Å². The third-order valence-corrected chi connectivity index (χ3v) is 5.29. The highest BCUT2D eigenvalue weighted by atomic mass is 35.5. The fourth-order valence-corrected chi connectivity index (χ4v) is 3.48. The lowest BCUT2D eigenvalue weighted by Gasteiger charge is -2.30. The van der Waals surface area contributed by atoms with Crippen molar-refractivity contribution in [3.8, 4) is 17.0 Å². The van der Waals surface area contributed by atoms with Crippen molar-refractivity contribution in [2.24, 2.45) is 0 Å². The predicted octanol–water partition coefficient (Wildman–Crippen LogP) is 2.97. The van der Waals surface area contributed by atoms with Crippen LogP contribution < -0.4 is 5.43 Å². The first-order valence-electron chi connectivity index (χ1n) is 8.41. The predicted molar refractivity (Wildman–Crippen MR) is 105 cm³/mol. The molecule has 0 spiro atoms. The number of aromatic nitrogens is 3. The number of aromatic hydroxyl groups is 1. The topological polar surface area (TPSA) is 88.3 Å². The van der Waals surface area contributed by atoms with Crippen LogP contribution in [0.4, 0.5) is 0 Å². The summed E-state index contributed by atoms with van der Waals surface area (Å²) in [7, 11) is 0. The molecule has 1 aliphatic rings. The van der Waals surface area contributed by atoms with E-state index < -0.39 is 17.1 Å². The third kappa shape index (κ3) is 3.23. The van der Waals surface area contributed by atoms with Crippen LogP contribution in [0, 0.1) is 0 Å². The van der Waals surface area contributed by atoms with Gasteiger partial charge >= 0.3 is 0 Å². The van der Waals surface area contributed by atoms with E-state index in [0.717, 1.165) is 5.56 Å². The van der Waals surface area contributed by atoms with Crippen molar-refractivity contribution in [1.82, 2.24) is 19.4 Å². The Balaban J connectivity index is 1.69. The van der Waals surface area contributed by atoms with Gasteiger partial charge < -0.3 is 14.6 Å². The molecule has 0 aliphatic carbocycles. The molecular weight excluding hydrogens is 403 g/mol. The number of rotatable bonds is 3. The normalized spacial score (nSPS) is 13.5. The SMILES string of the molecule is O=C1c2c(O)c(=O)c(-c3cnccn3)cn2CCN1Cc1ccc(Cl)c(Cl)c1. The van der Waals surface area contributed by atoms with E-state index in [1.54, 1.807) is 27.7 Å². The number of carbonyl (C=O) groups is 1. The molecular formula is C19H14Cl2N4O3. The van der Waals surface area contributed by atoms with E-state index in [-0.39, 0.29) is 17.8 Å². The highest BCUT2D eigenvalue weighted by molar-refractivity contribution is 6.42. The first kappa shape index (κ1) is 18.5. The number of benzene rings is 1. The summed E-state index contributed by atoms with van der Waals surface area (Å²) >= 11 is 12.0. The molecule has 7 nitrogen and oxygen atoms in total. The van der Waals surface area contributed by atoms with Crippen LogP contribution in [0.25, 0.3) is 11.3 Å². The molecule has 0 saturated heterocycles. The van der Waals surface area contributed by atoms with Crippen molar-refractivity contribution in [2.45, 2.75) is 13.1 Å². The van der Waals surface area contributed by atoms with Crippen LogP contribution in [0.2, 0.25) is 10.0 Å². The molecule has 142 valence electrons. The quantitative estimate of drug-likeness (QED) is 0.708. The zero-order chi connectivity index (χ0) is 19.8. The maximum atomic E-state index is 12.9. The molecule has 9 heteroatoms. The molecule has 1 aromatic carbocycles. The number of amides is 1. The third-order valence-electron chi connectivity index (χ3n) is 4.55. The molecule has 1 N–H and O–H groups in total. The standard InChI is InChI=1S/C19H14Cl2N4O3/c20-13-2-1-11(7-14(13)21)9-25-6-5-24-10-12(15-8-22-3-4-23-15)17(26)18(27)16(24)19(25)28/h1-4,7-8,10,27H,5-6,9H2. The summed E-state index contributed by atoms with van der Waals surface area (Å²) in [5, 5.41) is 11.3. The van der Waals surface area contributed by atoms with Crippen LogP contribution in [0.15, 0.2) is 47.8 Å². The van der Waals surface area contributed by atoms with Crippen molar-refractivity contribution < 1.29 is 9.90 Å². The minimum absolute atomic E-state index is 0.0380. The fraction of sp³-hybridized carbons (Fsp3) is 0.158. The summed E-state index contributed by atoms with van der Waals surface area (Å²) in [4.78, 5) is 35.1. The van der Waals surface area contributed by atoms with Crippen molar-refractivity contribution in [3.05, 3.63) is 74.5 Å². The summed E-state index contributed by atoms with van der Waals surface area (Å²) in [5.74, 6) is -1.02. The van der Waals surface area contributed by atoms with Crippen LogP contribution in [0.3, 0.4) is 0 Å². The molecule has 0 radical (unpaired) electrons. The number of hydrogen-bond acceptors (Lipinski definition) is 5. The molecule has 0 bridgehead atoms. The van der Waals surface area contributed by atoms with Gasteiger partial charge in [-0.1, -0.05) is 29.3 Å². The van der Waals surface area contributed by atoms with Crippen LogP contribution in [0.1, 0.15) is 16.1 Å². The van der Waals surface area contributed by atoms with Crippen LogP contribution in [-0.2, 0) is 13.1 Å². The monoisotopic (exact) mass is 416 g/mol. The van der Waals surface area contributed by atoms with Crippen LogP contribution >= 0.6 is 23.2 Å². The van der Waals surface area contributed by atoms with Gasteiger partial charge in [-0.3, -0.25) is 19.6 Å². The van der Waals surface area contributed by atoms with Gasteiger partial charge in [-0.15, -0.1) is 0 Å². The van der Waals surface area contributed by atoms with Gasteiger partial charge in [0.25, 0.3) is 5.91 Å². The molecule has 1 aliphatic heterocycles. The van der Waals surface area contributed by atoms with Gasteiger partial charge in [0.1, 0.15) is 0 Å². The van der Waals surface area contributed by atoms with Gasteiger partial charge in [-0.2, -0.15) is 0 Å². The molecule has 0 fully saturated rings. The van der Waals surface area contributed by atoms with E-state index in [4.69, 9.17) is 23.2 Å². The zero-order valence-corrected chi connectivity index (χ0v) is 16.0. The molecule has 4 rings (SSSR count). The Bertz CT molecular complexity index is 1130. The summed E-state index contributed by atoms with van der Waals surface area (Å²) in [6.45, 7) is 1.12. The zero-order valence-electron chi connectivity index (χ0n) is 14.5. The van der Waals surface area contributed by atoms with Crippen molar-refractivity contribution in [2.75, 3.05) is 6.54 Å². The molecule has 0 atom stereocenters. The highest BCUT2D eigenvalue weighted by Crippen LogP contribution is 2.27. The summed E-state index contributed by atoms with van der Waals surface area (Å²) in [6.07, 6.45) is 5.92. The summed E-state index contributed by atoms with van der Waals surface area (Å²) in [5.41, 5.74) is 0.638. The second-order valence-corrected chi connectivity index (χ2v) is 7.14. The number of halogens is 2. The van der Waals surface area contributed by atoms with E-state index in [0.29, 0.717) is 28.8 Å². The molecule has 0 saturated carbocycles. The number of hydrogen-bond donors (Lipinski definition) is 1. The Morgan fingerprint density at radius 1 is 1.11 bits per heavy atom. The summed E-state index contributed by atoms with van der Waals surface area (Å²) < 4.78 is 1.58. The Labute approximate surface area is 169 Å². The maximum Gasteiger partial charge on any atom is 0.274 e. The average Bonchev–Trinajstić information content (AvgIpc) is 2.70. The average molecular weight is 417 g/mol. The first-order chi connectivity index (χ1) is 13.5. The number of pyridine rings is 1. The van der Waals surface area contributed by atoms with E-state index in [2.05, 4.69) is 9.97 Å². The minimum Gasteiger partial charge on any atom is -0.503 e. The maximum absolute atomic E-state index is 12.9. The Morgan fingerprint density at radius 3 is 2.64 bits per heavy atom. The molecule has 2 aromatic heterocycles. The van der Waals surface area contributed by atoms with Gasteiger partial charge in [0.2, 0.25) is 5.43 Å². The van der Waals surface area contributed by atoms with Crippen molar-refractivity contribution >= 4 is 29.1 Å².